The van der Waals surface area contributed by atoms with Crippen LogP contribution in [0.2, 0.25) is 0 Å². The molecule has 0 aliphatic carbocycles. The van der Waals surface area contributed by atoms with Crippen molar-refractivity contribution in [1.82, 2.24) is 10.2 Å². The molecule has 0 radical (unpaired) electrons. The largest absolute Gasteiger partial charge is 0.481 e. The van der Waals surface area contributed by atoms with Gasteiger partial charge < -0.3 is 15.3 Å². The summed E-state index contributed by atoms with van der Waals surface area (Å²) in [7, 11) is 0. The van der Waals surface area contributed by atoms with Crippen LogP contribution in [0.5, 0.6) is 0 Å². The zero-order chi connectivity index (χ0) is 16.0. The van der Waals surface area contributed by atoms with Crippen molar-refractivity contribution < 1.29 is 19.5 Å². The molecule has 21 heavy (non-hydrogen) atoms. The minimum absolute atomic E-state index is 0.0174. The van der Waals surface area contributed by atoms with Crippen molar-refractivity contribution in [2.45, 2.75) is 40.0 Å². The number of piperidine rings is 1. The molecule has 1 aliphatic rings. The number of amides is 2. The number of hydrogen-bond donors (Lipinski definition) is 2. The monoisotopic (exact) mass is 298 g/mol. The topological polar surface area (TPSA) is 86.7 Å². The van der Waals surface area contributed by atoms with E-state index in [9.17, 15) is 14.4 Å². The Balaban J connectivity index is 2.38. The first-order valence-electron chi connectivity index (χ1n) is 7.66. The third-order valence-electron chi connectivity index (χ3n) is 4.04. The van der Waals surface area contributed by atoms with Gasteiger partial charge in [-0.25, -0.2) is 0 Å². The molecule has 1 heterocycles. The minimum Gasteiger partial charge on any atom is -0.481 e. The number of carboxylic acids is 1. The Morgan fingerprint density at radius 2 is 1.81 bits per heavy atom. The lowest BCUT2D eigenvalue weighted by Gasteiger charge is -2.32. The molecule has 0 spiro atoms. The number of aliphatic carboxylic acids is 1. The SMILES string of the molecule is CCC(CNC(=O)C1CCN(C(=O)C(C)C)CC1)C(=O)O. The van der Waals surface area contributed by atoms with E-state index in [0.29, 0.717) is 32.4 Å². The van der Waals surface area contributed by atoms with Crippen LogP contribution in [0.25, 0.3) is 0 Å². The van der Waals surface area contributed by atoms with Crippen LogP contribution in [0, 0.1) is 17.8 Å². The first-order chi connectivity index (χ1) is 9.86. The van der Waals surface area contributed by atoms with Crippen LogP contribution >= 0.6 is 0 Å². The van der Waals surface area contributed by atoms with Gasteiger partial charge >= 0.3 is 5.97 Å². The molecule has 2 N–H and O–H groups in total. The molecule has 6 nitrogen and oxygen atoms in total. The average molecular weight is 298 g/mol. The van der Waals surface area contributed by atoms with Crippen LogP contribution in [0.3, 0.4) is 0 Å². The normalized spacial score (nSPS) is 17.6. The van der Waals surface area contributed by atoms with Gasteiger partial charge in [-0.1, -0.05) is 20.8 Å². The fourth-order valence-electron chi connectivity index (χ4n) is 2.50. The van der Waals surface area contributed by atoms with E-state index in [4.69, 9.17) is 5.11 Å². The molecule has 0 aromatic rings. The van der Waals surface area contributed by atoms with Gasteiger partial charge in [-0.3, -0.25) is 14.4 Å². The Morgan fingerprint density at radius 1 is 1.24 bits per heavy atom. The van der Waals surface area contributed by atoms with Gasteiger partial charge in [0.15, 0.2) is 0 Å². The minimum atomic E-state index is -0.879. The molecule has 1 saturated heterocycles. The highest BCUT2D eigenvalue weighted by atomic mass is 16.4. The smallest absolute Gasteiger partial charge is 0.308 e. The predicted octanol–water partition coefficient (Wildman–Crippen LogP) is 1.11. The van der Waals surface area contributed by atoms with Crippen LogP contribution < -0.4 is 5.32 Å². The molecule has 0 aromatic heterocycles. The predicted molar refractivity (Wildman–Crippen MR) is 78.6 cm³/mol. The van der Waals surface area contributed by atoms with Crippen molar-refractivity contribution in [3.8, 4) is 0 Å². The van der Waals surface area contributed by atoms with Gasteiger partial charge in [0.25, 0.3) is 0 Å². The van der Waals surface area contributed by atoms with Crippen LogP contribution in [0.15, 0.2) is 0 Å². The van der Waals surface area contributed by atoms with E-state index in [1.54, 1.807) is 11.8 Å². The standard InChI is InChI=1S/C15H26N2O4/c1-4-11(15(20)21)9-16-13(18)12-5-7-17(8-6-12)14(19)10(2)3/h10-12H,4-9H2,1-3H3,(H,16,18)(H,20,21). The number of likely N-dealkylation sites (tertiary alicyclic amines) is 1. The first-order valence-corrected chi connectivity index (χ1v) is 7.66. The quantitative estimate of drug-likeness (QED) is 0.769. The van der Waals surface area contributed by atoms with Crippen molar-refractivity contribution in [3.05, 3.63) is 0 Å². The van der Waals surface area contributed by atoms with Crippen molar-refractivity contribution in [2.75, 3.05) is 19.6 Å². The summed E-state index contributed by atoms with van der Waals surface area (Å²) in [6.07, 6.45) is 1.79. The van der Waals surface area contributed by atoms with Crippen molar-refractivity contribution in [3.63, 3.8) is 0 Å². The average Bonchev–Trinajstić information content (AvgIpc) is 2.46. The molecule has 0 bridgehead atoms. The van der Waals surface area contributed by atoms with Gasteiger partial charge in [0.1, 0.15) is 0 Å². The maximum absolute atomic E-state index is 12.0. The molecule has 0 saturated carbocycles. The lowest BCUT2D eigenvalue weighted by atomic mass is 9.94. The van der Waals surface area contributed by atoms with Gasteiger partial charge in [-0.15, -0.1) is 0 Å². The fraction of sp³-hybridized carbons (Fsp3) is 0.800. The van der Waals surface area contributed by atoms with Crippen molar-refractivity contribution in [2.24, 2.45) is 17.8 Å². The van der Waals surface area contributed by atoms with Gasteiger partial charge in [0.05, 0.1) is 5.92 Å². The van der Waals surface area contributed by atoms with Crippen LogP contribution in [-0.4, -0.2) is 47.4 Å². The lowest BCUT2D eigenvalue weighted by Crippen LogP contribution is -2.45. The molecular formula is C15H26N2O4. The highest BCUT2D eigenvalue weighted by molar-refractivity contribution is 5.81. The van der Waals surface area contributed by atoms with E-state index in [-0.39, 0.29) is 30.2 Å². The Labute approximate surface area is 125 Å². The first kappa shape index (κ1) is 17.5. The molecule has 1 unspecified atom stereocenters. The van der Waals surface area contributed by atoms with Gasteiger partial charge in [0, 0.05) is 31.5 Å². The summed E-state index contributed by atoms with van der Waals surface area (Å²) in [6, 6.07) is 0. The van der Waals surface area contributed by atoms with E-state index in [1.165, 1.54) is 0 Å². The molecule has 120 valence electrons. The van der Waals surface area contributed by atoms with Gasteiger partial charge in [-0.05, 0) is 19.3 Å². The summed E-state index contributed by atoms with van der Waals surface area (Å²) < 4.78 is 0. The Kier molecular flexibility index (Phi) is 6.65. The number of rotatable bonds is 6. The summed E-state index contributed by atoms with van der Waals surface area (Å²) in [5.74, 6) is -1.51. The second-order valence-electron chi connectivity index (χ2n) is 5.94. The zero-order valence-electron chi connectivity index (χ0n) is 13.1. The molecule has 2 amide bonds. The van der Waals surface area contributed by atoms with E-state index in [1.807, 2.05) is 13.8 Å². The maximum atomic E-state index is 12.0. The van der Waals surface area contributed by atoms with Crippen LogP contribution in [0.1, 0.15) is 40.0 Å². The molecule has 1 rings (SSSR count). The van der Waals surface area contributed by atoms with E-state index < -0.39 is 11.9 Å². The molecule has 6 heteroatoms. The fourth-order valence-corrected chi connectivity index (χ4v) is 2.50. The Morgan fingerprint density at radius 3 is 2.24 bits per heavy atom. The summed E-state index contributed by atoms with van der Waals surface area (Å²) in [5, 5.41) is 11.7. The number of nitrogens with one attached hydrogen (secondary N) is 1. The number of carbonyl (C=O) groups excluding carboxylic acids is 2. The van der Waals surface area contributed by atoms with Crippen molar-refractivity contribution >= 4 is 17.8 Å². The number of carboxylic acid groups (broad SMARTS) is 1. The third kappa shape index (κ3) is 5.02. The highest BCUT2D eigenvalue weighted by Crippen LogP contribution is 2.19. The van der Waals surface area contributed by atoms with Crippen molar-refractivity contribution in [1.29, 1.82) is 0 Å². The zero-order valence-corrected chi connectivity index (χ0v) is 13.1. The van der Waals surface area contributed by atoms with Gasteiger partial charge in [0.2, 0.25) is 11.8 Å². The van der Waals surface area contributed by atoms with Crippen LogP contribution in [0.4, 0.5) is 0 Å². The molecule has 1 fully saturated rings. The van der Waals surface area contributed by atoms with Crippen LogP contribution in [-0.2, 0) is 14.4 Å². The summed E-state index contributed by atoms with van der Waals surface area (Å²) in [6.45, 7) is 6.92. The summed E-state index contributed by atoms with van der Waals surface area (Å²) in [5.41, 5.74) is 0. The third-order valence-corrected chi connectivity index (χ3v) is 4.04. The van der Waals surface area contributed by atoms with E-state index >= 15 is 0 Å². The van der Waals surface area contributed by atoms with Gasteiger partial charge in [-0.2, -0.15) is 0 Å². The number of nitrogens with zero attached hydrogens (tertiary/aromatic N) is 1. The number of carbonyl (C=O) groups is 3. The Bertz CT molecular complexity index is 387. The number of hydrogen-bond acceptors (Lipinski definition) is 3. The highest BCUT2D eigenvalue weighted by Gasteiger charge is 2.28. The molecular weight excluding hydrogens is 272 g/mol. The summed E-state index contributed by atoms with van der Waals surface area (Å²) >= 11 is 0. The molecule has 1 aliphatic heterocycles. The molecule has 1 atom stereocenters. The summed E-state index contributed by atoms with van der Waals surface area (Å²) in [4.78, 5) is 36.6. The van der Waals surface area contributed by atoms with E-state index in [0.717, 1.165) is 0 Å². The lowest BCUT2D eigenvalue weighted by molar-refractivity contribution is -0.142. The van der Waals surface area contributed by atoms with E-state index in [2.05, 4.69) is 5.32 Å². The molecule has 0 aromatic carbocycles. The second kappa shape index (κ2) is 8.00. The second-order valence-corrected chi connectivity index (χ2v) is 5.94. The maximum Gasteiger partial charge on any atom is 0.308 e. The Hall–Kier alpha value is -1.59.